The summed E-state index contributed by atoms with van der Waals surface area (Å²) in [4.78, 5) is 7.46. The number of allylic oxidation sites excluding steroid dienone is 3. The van der Waals surface area contributed by atoms with Crippen LogP contribution in [0.5, 0.6) is 0 Å². The highest BCUT2D eigenvalue weighted by atomic mass is 19.1. The molecule has 0 bridgehead atoms. The number of nitrogens with zero attached hydrogens (tertiary/aromatic N) is 2. The summed E-state index contributed by atoms with van der Waals surface area (Å²) in [5.41, 5.74) is 0.890. The lowest BCUT2D eigenvalue weighted by atomic mass is 10.4. The van der Waals surface area contributed by atoms with Crippen LogP contribution < -0.4 is 0 Å². The van der Waals surface area contributed by atoms with Gasteiger partial charge in [0.15, 0.2) is 5.83 Å². The molecule has 12 heavy (non-hydrogen) atoms. The van der Waals surface area contributed by atoms with E-state index in [0.29, 0.717) is 11.4 Å². The Morgan fingerprint density at radius 1 is 1.33 bits per heavy atom. The van der Waals surface area contributed by atoms with Crippen LogP contribution in [0.1, 0.15) is 20.8 Å². The van der Waals surface area contributed by atoms with E-state index in [1.807, 2.05) is 0 Å². The summed E-state index contributed by atoms with van der Waals surface area (Å²) >= 11 is 0. The maximum Gasteiger partial charge on any atom is 0.162 e. The first-order chi connectivity index (χ1) is 5.57. The zero-order valence-corrected chi connectivity index (χ0v) is 7.63. The highest BCUT2D eigenvalue weighted by Crippen LogP contribution is 2.04. The lowest BCUT2D eigenvalue weighted by molar-refractivity contribution is 0.672. The average molecular weight is 168 g/mol. The Morgan fingerprint density at radius 2 is 1.92 bits per heavy atom. The number of hydrogen-bond acceptors (Lipinski definition) is 2. The van der Waals surface area contributed by atoms with Gasteiger partial charge < -0.3 is 0 Å². The standard InChI is InChI=1S/C9H13FN2/c1-5-11-8(4)9(10)6-12-7(2)3/h5-6H,2H2,1,3-4H3/b9-8-,11-5+,12-6-. The van der Waals surface area contributed by atoms with Gasteiger partial charge in [-0.3, -0.25) is 9.98 Å². The van der Waals surface area contributed by atoms with Crippen molar-refractivity contribution in [2.24, 2.45) is 9.98 Å². The van der Waals surface area contributed by atoms with Crippen molar-refractivity contribution < 1.29 is 4.39 Å². The van der Waals surface area contributed by atoms with Crippen molar-refractivity contribution in [1.29, 1.82) is 0 Å². The topological polar surface area (TPSA) is 24.7 Å². The van der Waals surface area contributed by atoms with Crippen molar-refractivity contribution in [2.75, 3.05) is 0 Å². The molecule has 0 aliphatic carbocycles. The minimum absolute atomic E-state index is 0.322. The first-order valence-electron chi connectivity index (χ1n) is 3.62. The smallest absolute Gasteiger partial charge is 0.162 e. The van der Waals surface area contributed by atoms with Crippen LogP contribution in [0.25, 0.3) is 0 Å². The molecule has 0 saturated heterocycles. The van der Waals surface area contributed by atoms with Crippen LogP contribution in [0, 0.1) is 0 Å². The van der Waals surface area contributed by atoms with E-state index in [1.54, 1.807) is 20.8 Å². The summed E-state index contributed by atoms with van der Waals surface area (Å²) in [5, 5.41) is 0. The fourth-order valence-corrected chi connectivity index (χ4v) is 0.516. The van der Waals surface area contributed by atoms with Crippen molar-refractivity contribution in [1.82, 2.24) is 0 Å². The zero-order chi connectivity index (χ0) is 9.56. The number of rotatable bonds is 3. The van der Waals surface area contributed by atoms with Crippen molar-refractivity contribution >= 4 is 12.4 Å². The first kappa shape index (κ1) is 10.8. The quantitative estimate of drug-likeness (QED) is 0.579. The van der Waals surface area contributed by atoms with Crippen molar-refractivity contribution in [3.8, 4) is 0 Å². The molecule has 0 amide bonds. The van der Waals surface area contributed by atoms with Gasteiger partial charge in [0, 0.05) is 11.9 Å². The molecule has 0 spiro atoms. The highest BCUT2D eigenvalue weighted by molar-refractivity contribution is 5.77. The van der Waals surface area contributed by atoms with Gasteiger partial charge in [0.05, 0.1) is 11.9 Å². The van der Waals surface area contributed by atoms with E-state index in [1.165, 1.54) is 6.21 Å². The van der Waals surface area contributed by atoms with Gasteiger partial charge in [-0.2, -0.15) is 0 Å². The SMILES string of the molecule is C=C(C)\N=C/C(F)=C(C)/N=C/C. The molecule has 0 aromatic heterocycles. The fraction of sp³-hybridized carbons (Fsp3) is 0.333. The Bertz CT molecular complexity index is 249. The van der Waals surface area contributed by atoms with E-state index in [2.05, 4.69) is 16.6 Å². The van der Waals surface area contributed by atoms with Gasteiger partial charge in [-0.25, -0.2) is 4.39 Å². The Labute approximate surface area is 72.2 Å². The molecule has 0 heterocycles. The lowest BCUT2D eigenvalue weighted by Gasteiger charge is -1.91. The van der Waals surface area contributed by atoms with Crippen LogP contribution >= 0.6 is 0 Å². The largest absolute Gasteiger partial charge is 0.263 e. The summed E-state index contributed by atoms with van der Waals surface area (Å²) in [6.45, 7) is 8.52. The van der Waals surface area contributed by atoms with Gasteiger partial charge in [-0.05, 0) is 20.8 Å². The summed E-state index contributed by atoms with van der Waals surface area (Å²) in [5.74, 6) is -0.434. The number of halogens is 1. The molecule has 0 N–H and O–H groups in total. The van der Waals surface area contributed by atoms with E-state index >= 15 is 0 Å². The van der Waals surface area contributed by atoms with Gasteiger partial charge >= 0.3 is 0 Å². The molecular weight excluding hydrogens is 155 g/mol. The second-order valence-corrected chi connectivity index (χ2v) is 2.31. The Kier molecular flexibility index (Phi) is 4.84. The molecule has 0 aliphatic heterocycles. The van der Waals surface area contributed by atoms with Gasteiger partial charge in [-0.1, -0.05) is 6.58 Å². The third-order valence-corrected chi connectivity index (χ3v) is 1.07. The summed E-state index contributed by atoms with van der Waals surface area (Å²) in [7, 11) is 0. The molecule has 0 atom stereocenters. The maximum absolute atomic E-state index is 12.9. The average Bonchev–Trinajstić information content (AvgIpc) is 2.00. The lowest BCUT2D eigenvalue weighted by Crippen LogP contribution is -1.82. The summed E-state index contributed by atoms with van der Waals surface area (Å²) < 4.78 is 12.9. The molecule has 0 aromatic rings. The number of aliphatic imine (C=N–C) groups is 2. The van der Waals surface area contributed by atoms with Crippen molar-refractivity contribution in [3.05, 3.63) is 23.8 Å². The molecular formula is C9H13FN2. The van der Waals surface area contributed by atoms with Crippen LogP contribution in [0.4, 0.5) is 4.39 Å². The fourth-order valence-electron chi connectivity index (χ4n) is 0.516. The molecule has 3 heteroatoms. The molecule has 66 valence electrons. The second kappa shape index (κ2) is 5.41. The molecule has 0 unspecified atom stereocenters. The molecule has 0 rings (SSSR count). The van der Waals surface area contributed by atoms with Gasteiger partial charge in [0.2, 0.25) is 0 Å². The second-order valence-electron chi connectivity index (χ2n) is 2.31. The van der Waals surface area contributed by atoms with Crippen LogP contribution in [-0.2, 0) is 0 Å². The Hall–Kier alpha value is -1.25. The van der Waals surface area contributed by atoms with E-state index in [-0.39, 0.29) is 0 Å². The summed E-state index contributed by atoms with van der Waals surface area (Å²) in [6.07, 6.45) is 2.65. The van der Waals surface area contributed by atoms with E-state index in [0.717, 1.165) is 6.21 Å². The van der Waals surface area contributed by atoms with E-state index in [9.17, 15) is 4.39 Å². The molecule has 2 nitrogen and oxygen atoms in total. The Balaban J connectivity index is 4.46. The molecule has 0 aromatic carbocycles. The van der Waals surface area contributed by atoms with Crippen LogP contribution in [-0.4, -0.2) is 12.4 Å². The first-order valence-corrected chi connectivity index (χ1v) is 3.62. The van der Waals surface area contributed by atoms with E-state index < -0.39 is 5.83 Å². The van der Waals surface area contributed by atoms with E-state index in [4.69, 9.17) is 0 Å². The highest BCUT2D eigenvalue weighted by Gasteiger charge is 1.94. The van der Waals surface area contributed by atoms with Crippen molar-refractivity contribution in [2.45, 2.75) is 20.8 Å². The third-order valence-electron chi connectivity index (χ3n) is 1.07. The minimum atomic E-state index is -0.434. The summed E-state index contributed by atoms with van der Waals surface area (Å²) in [6, 6.07) is 0. The monoisotopic (exact) mass is 168 g/mol. The van der Waals surface area contributed by atoms with Crippen LogP contribution in [0.15, 0.2) is 33.8 Å². The predicted octanol–water partition coefficient (Wildman–Crippen LogP) is 2.88. The molecule has 0 fully saturated rings. The van der Waals surface area contributed by atoms with Crippen LogP contribution in [0.2, 0.25) is 0 Å². The molecule has 0 radical (unpaired) electrons. The van der Waals surface area contributed by atoms with Crippen LogP contribution in [0.3, 0.4) is 0 Å². The zero-order valence-electron chi connectivity index (χ0n) is 7.63. The molecule has 0 aliphatic rings. The minimum Gasteiger partial charge on any atom is -0.263 e. The normalized spacial score (nSPS) is 14.0. The number of hydrogen-bond donors (Lipinski definition) is 0. The Morgan fingerprint density at radius 3 is 2.33 bits per heavy atom. The maximum atomic E-state index is 12.9. The van der Waals surface area contributed by atoms with Gasteiger partial charge in [0.1, 0.15) is 0 Å². The predicted molar refractivity (Wildman–Crippen MR) is 51.3 cm³/mol. The van der Waals surface area contributed by atoms with Crippen molar-refractivity contribution in [3.63, 3.8) is 0 Å². The van der Waals surface area contributed by atoms with Gasteiger partial charge in [-0.15, -0.1) is 0 Å². The van der Waals surface area contributed by atoms with Gasteiger partial charge in [0.25, 0.3) is 0 Å². The molecule has 0 saturated carbocycles. The third kappa shape index (κ3) is 4.55.